The third-order valence-electron chi connectivity index (χ3n) is 3.80. The molecular formula is C19H28O3. The van der Waals surface area contributed by atoms with Gasteiger partial charge in [-0.25, -0.2) is 0 Å². The van der Waals surface area contributed by atoms with Crippen LogP contribution in [0.2, 0.25) is 0 Å². The monoisotopic (exact) mass is 304 g/mol. The topological polar surface area (TPSA) is 46.5 Å². The standard InChI is InChI=1S/C19H28O3/c1-9-13(17(21)22-8)12-10-14(18(2,3)4)16(20)15(11-12)19(5,6)7/h9-11,13,20H,1H2,2-8H3. The number of hydrogen-bond donors (Lipinski definition) is 1. The number of rotatable bonds is 3. The molecule has 0 aromatic heterocycles. The van der Waals surface area contributed by atoms with Gasteiger partial charge in [-0.3, -0.25) is 4.79 Å². The number of phenolic OH excluding ortho intramolecular Hbond substituents is 1. The number of carbonyl (C=O) groups is 1. The van der Waals surface area contributed by atoms with Crippen molar-refractivity contribution in [1.29, 1.82) is 0 Å². The summed E-state index contributed by atoms with van der Waals surface area (Å²) in [6.45, 7) is 16.0. The normalized spacial score (nSPS) is 13.6. The fraction of sp³-hybridized carbons (Fsp3) is 0.526. The first kappa shape index (κ1) is 18.3. The van der Waals surface area contributed by atoms with Crippen molar-refractivity contribution in [3.05, 3.63) is 41.5 Å². The summed E-state index contributed by atoms with van der Waals surface area (Å²) in [5.41, 5.74) is 1.98. The van der Waals surface area contributed by atoms with Gasteiger partial charge in [-0.15, -0.1) is 6.58 Å². The van der Waals surface area contributed by atoms with Crippen LogP contribution in [0.3, 0.4) is 0 Å². The Kier molecular flexibility index (Phi) is 5.11. The minimum atomic E-state index is -0.534. The van der Waals surface area contributed by atoms with E-state index in [0.717, 1.165) is 16.7 Å². The van der Waals surface area contributed by atoms with Crippen molar-refractivity contribution >= 4 is 5.97 Å². The summed E-state index contributed by atoms with van der Waals surface area (Å²) in [6, 6.07) is 3.77. The molecule has 0 aliphatic rings. The molecule has 3 heteroatoms. The van der Waals surface area contributed by atoms with Crippen LogP contribution in [0.25, 0.3) is 0 Å². The largest absolute Gasteiger partial charge is 0.507 e. The zero-order valence-electron chi connectivity index (χ0n) is 14.8. The van der Waals surface area contributed by atoms with Crippen LogP contribution in [0.4, 0.5) is 0 Å². The van der Waals surface area contributed by atoms with Crippen molar-refractivity contribution in [1.82, 2.24) is 0 Å². The van der Waals surface area contributed by atoms with E-state index < -0.39 is 5.92 Å². The molecule has 0 saturated heterocycles. The first-order valence-electron chi connectivity index (χ1n) is 7.51. The zero-order valence-corrected chi connectivity index (χ0v) is 14.8. The molecule has 1 N–H and O–H groups in total. The Morgan fingerprint density at radius 3 is 1.82 bits per heavy atom. The molecule has 0 spiro atoms. The summed E-state index contributed by atoms with van der Waals surface area (Å²) >= 11 is 0. The predicted molar refractivity (Wildman–Crippen MR) is 90.5 cm³/mol. The molecule has 22 heavy (non-hydrogen) atoms. The summed E-state index contributed by atoms with van der Waals surface area (Å²) in [7, 11) is 1.37. The van der Waals surface area contributed by atoms with E-state index in [2.05, 4.69) is 6.58 Å². The van der Waals surface area contributed by atoms with E-state index in [1.165, 1.54) is 7.11 Å². The number of esters is 1. The first-order valence-corrected chi connectivity index (χ1v) is 7.51. The van der Waals surface area contributed by atoms with Gasteiger partial charge in [-0.05, 0) is 27.5 Å². The van der Waals surface area contributed by atoms with Gasteiger partial charge in [0.2, 0.25) is 0 Å². The van der Waals surface area contributed by atoms with Gasteiger partial charge in [0.1, 0.15) is 5.75 Å². The Morgan fingerprint density at radius 2 is 1.55 bits per heavy atom. The molecule has 3 nitrogen and oxygen atoms in total. The van der Waals surface area contributed by atoms with Gasteiger partial charge in [-0.2, -0.15) is 0 Å². The fourth-order valence-electron chi connectivity index (χ4n) is 2.48. The third-order valence-corrected chi connectivity index (χ3v) is 3.80. The Hall–Kier alpha value is -1.77. The SMILES string of the molecule is C=CC(C(=O)OC)c1cc(C(C)(C)C)c(O)c(C(C)(C)C)c1. The Morgan fingerprint density at radius 1 is 1.14 bits per heavy atom. The molecule has 1 atom stereocenters. The molecule has 1 rings (SSSR count). The first-order chi connectivity index (χ1) is 9.93. The molecule has 1 aromatic carbocycles. The Labute approximate surface area is 134 Å². The van der Waals surface area contributed by atoms with Gasteiger partial charge in [-0.1, -0.05) is 59.8 Å². The van der Waals surface area contributed by atoms with Crippen molar-refractivity contribution in [3.8, 4) is 5.75 Å². The minimum absolute atomic E-state index is 0.234. The maximum atomic E-state index is 12.0. The summed E-state index contributed by atoms with van der Waals surface area (Å²) < 4.78 is 4.87. The second-order valence-electron chi connectivity index (χ2n) is 7.70. The molecule has 122 valence electrons. The summed E-state index contributed by atoms with van der Waals surface area (Å²) in [4.78, 5) is 12.0. The highest BCUT2D eigenvalue weighted by Crippen LogP contribution is 2.41. The molecule has 0 radical (unpaired) electrons. The van der Waals surface area contributed by atoms with Crippen LogP contribution in [-0.4, -0.2) is 18.2 Å². The Bertz CT molecular complexity index is 536. The molecule has 0 bridgehead atoms. The third kappa shape index (κ3) is 3.70. The lowest BCUT2D eigenvalue weighted by Gasteiger charge is -2.29. The number of carbonyl (C=O) groups excluding carboxylic acids is 1. The second kappa shape index (κ2) is 6.15. The molecule has 0 aliphatic heterocycles. The van der Waals surface area contributed by atoms with Crippen molar-refractivity contribution in [2.24, 2.45) is 0 Å². The maximum Gasteiger partial charge on any atom is 0.317 e. The molecule has 0 amide bonds. The van der Waals surface area contributed by atoms with Crippen LogP contribution < -0.4 is 0 Å². The molecule has 0 fully saturated rings. The lowest BCUT2D eigenvalue weighted by atomic mass is 9.77. The maximum absolute atomic E-state index is 12.0. The number of aromatic hydroxyl groups is 1. The van der Waals surface area contributed by atoms with Crippen LogP contribution in [0, 0.1) is 0 Å². The lowest BCUT2D eigenvalue weighted by Crippen LogP contribution is -2.20. The van der Waals surface area contributed by atoms with Crippen LogP contribution in [0.15, 0.2) is 24.8 Å². The summed E-state index contributed by atoms with van der Waals surface area (Å²) in [5, 5.41) is 10.7. The average molecular weight is 304 g/mol. The average Bonchev–Trinajstić information content (AvgIpc) is 2.38. The second-order valence-corrected chi connectivity index (χ2v) is 7.70. The van der Waals surface area contributed by atoms with E-state index in [1.54, 1.807) is 6.08 Å². The van der Waals surface area contributed by atoms with Gasteiger partial charge < -0.3 is 9.84 Å². The predicted octanol–water partition coefficient (Wildman–Crippen LogP) is 4.43. The highest BCUT2D eigenvalue weighted by Gasteiger charge is 2.29. The lowest BCUT2D eigenvalue weighted by molar-refractivity contribution is -0.141. The van der Waals surface area contributed by atoms with Crippen LogP contribution in [0.1, 0.15) is 64.2 Å². The van der Waals surface area contributed by atoms with E-state index >= 15 is 0 Å². The van der Waals surface area contributed by atoms with Crippen LogP contribution in [-0.2, 0) is 20.4 Å². The van der Waals surface area contributed by atoms with Crippen molar-refractivity contribution < 1.29 is 14.6 Å². The molecule has 1 aromatic rings. The van der Waals surface area contributed by atoms with E-state index in [1.807, 2.05) is 53.7 Å². The van der Waals surface area contributed by atoms with E-state index in [-0.39, 0.29) is 16.8 Å². The fourth-order valence-corrected chi connectivity index (χ4v) is 2.48. The van der Waals surface area contributed by atoms with Crippen molar-refractivity contribution in [2.75, 3.05) is 7.11 Å². The number of ether oxygens (including phenoxy) is 1. The van der Waals surface area contributed by atoms with Gasteiger partial charge in [0.15, 0.2) is 0 Å². The molecule has 0 heterocycles. The van der Waals surface area contributed by atoms with E-state index in [0.29, 0.717) is 5.75 Å². The summed E-state index contributed by atoms with van der Waals surface area (Å²) in [6.07, 6.45) is 1.58. The van der Waals surface area contributed by atoms with Gasteiger partial charge in [0.25, 0.3) is 0 Å². The molecule has 0 aliphatic carbocycles. The number of benzene rings is 1. The molecule has 0 saturated carbocycles. The van der Waals surface area contributed by atoms with E-state index in [4.69, 9.17) is 4.74 Å². The van der Waals surface area contributed by atoms with Crippen molar-refractivity contribution in [3.63, 3.8) is 0 Å². The highest BCUT2D eigenvalue weighted by atomic mass is 16.5. The van der Waals surface area contributed by atoms with Gasteiger partial charge >= 0.3 is 5.97 Å². The van der Waals surface area contributed by atoms with Crippen LogP contribution in [0.5, 0.6) is 5.75 Å². The minimum Gasteiger partial charge on any atom is -0.507 e. The highest BCUT2D eigenvalue weighted by molar-refractivity contribution is 5.80. The number of hydrogen-bond acceptors (Lipinski definition) is 3. The Balaban J connectivity index is 3.67. The quantitative estimate of drug-likeness (QED) is 0.664. The smallest absolute Gasteiger partial charge is 0.317 e. The number of phenols is 1. The molecule has 1 unspecified atom stereocenters. The number of methoxy groups -OCH3 is 1. The van der Waals surface area contributed by atoms with E-state index in [9.17, 15) is 9.90 Å². The molecular weight excluding hydrogens is 276 g/mol. The van der Waals surface area contributed by atoms with Gasteiger partial charge in [0, 0.05) is 0 Å². The summed E-state index contributed by atoms with van der Waals surface area (Å²) in [5.74, 6) is -0.579. The van der Waals surface area contributed by atoms with Crippen LogP contribution >= 0.6 is 0 Å². The van der Waals surface area contributed by atoms with Crippen molar-refractivity contribution in [2.45, 2.75) is 58.3 Å². The van der Waals surface area contributed by atoms with Gasteiger partial charge in [0.05, 0.1) is 13.0 Å². The zero-order chi connectivity index (χ0) is 17.3.